The van der Waals surface area contributed by atoms with Gasteiger partial charge in [0, 0.05) is 72.9 Å². The van der Waals surface area contributed by atoms with Crippen molar-refractivity contribution < 1.29 is 0 Å². The Kier molecular flexibility index (Phi) is 17.6. The molecule has 21 nitrogen and oxygen atoms in total. The molecule has 3 fully saturated rings. The zero-order valence-electron chi connectivity index (χ0n) is 47.3. The summed E-state index contributed by atoms with van der Waals surface area (Å²) >= 11 is 0. The van der Waals surface area contributed by atoms with Crippen LogP contribution in [0.1, 0.15) is 108 Å². The summed E-state index contributed by atoms with van der Waals surface area (Å²) in [7, 11) is 0. The minimum absolute atomic E-state index is 0.141. The first-order valence-corrected chi connectivity index (χ1v) is 28.6. The highest BCUT2D eigenvalue weighted by molar-refractivity contribution is 5.88. The van der Waals surface area contributed by atoms with E-state index < -0.39 is 0 Å². The second-order valence-electron chi connectivity index (χ2n) is 21.7. The summed E-state index contributed by atoms with van der Waals surface area (Å²) in [6.45, 7) is 18.2. The number of hydrogen-bond acceptors (Lipinski definition) is 18. The van der Waals surface area contributed by atoms with Crippen LogP contribution in [0.4, 0.5) is 52.4 Å². The van der Waals surface area contributed by atoms with Gasteiger partial charge in [-0.25, -0.2) is 15.0 Å². The van der Waals surface area contributed by atoms with Crippen molar-refractivity contribution >= 4 is 85.9 Å². The lowest BCUT2D eigenvalue weighted by Gasteiger charge is -2.29. The predicted octanol–water partition coefficient (Wildman–Crippen LogP) is 10.4. The van der Waals surface area contributed by atoms with Crippen LogP contribution in [-0.4, -0.2) is 102 Å². The van der Waals surface area contributed by atoms with E-state index in [-0.39, 0.29) is 30.2 Å². The van der Waals surface area contributed by atoms with Crippen LogP contribution in [0.15, 0.2) is 91.8 Å². The fraction of sp³-hybridized carbons (Fsp3) is 0.441. The Morgan fingerprint density at radius 2 is 0.938 bits per heavy atom. The molecule has 0 spiro atoms. The Morgan fingerprint density at radius 3 is 1.34 bits per heavy atom. The first-order chi connectivity index (χ1) is 38.9. The highest BCUT2D eigenvalue weighted by Gasteiger charge is 2.26. The standard InChI is InChI=1S/2C20H27N7.C19H25N7/c2*1-3-27-12-22-17-18(23-14-8-6-7-13(2)11-14)25-20(26-19(17)27)24-16-10-5-4-9-15(16)21;1-12(2)26-11-21-16-17(22-14-6-4-5-13(3)9-14)24-19(25-18(16)26)23-15-7-8-20-10-15/h2*6-8,11-12,15-16H,3-5,9-10,21H2,1-2H3,(H2,23,24,25,26);4-6,9,11-12,15,20H,7-8,10H2,1-3H3,(H2,22,23,24,25)/t15-,16+;15-,16-;15-/m011/s1. The third-order valence-corrected chi connectivity index (χ3v) is 15.1. The van der Waals surface area contributed by atoms with Gasteiger partial charge >= 0.3 is 0 Å². The Labute approximate surface area is 468 Å². The van der Waals surface area contributed by atoms with Gasteiger partial charge in [-0.05, 0) is 140 Å². The number of aryl methyl sites for hydroxylation is 5. The fourth-order valence-electron chi connectivity index (χ4n) is 10.6. The zero-order chi connectivity index (χ0) is 55.7. The van der Waals surface area contributed by atoms with Crippen molar-refractivity contribution in [2.75, 3.05) is 45.0 Å². The van der Waals surface area contributed by atoms with Gasteiger partial charge in [0.25, 0.3) is 0 Å². The molecule has 6 aromatic heterocycles. The van der Waals surface area contributed by atoms with Crippen LogP contribution in [0.3, 0.4) is 0 Å². The van der Waals surface area contributed by atoms with Crippen molar-refractivity contribution in [3.63, 3.8) is 0 Å². The van der Waals surface area contributed by atoms with Gasteiger partial charge < -0.3 is 62.4 Å². The summed E-state index contributed by atoms with van der Waals surface area (Å²) in [6, 6.07) is 26.0. The van der Waals surface area contributed by atoms with Crippen LogP contribution in [-0.2, 0) is 13.1 Å². The van der Waals surface area contributed by atoms with E-state index in [1.807, 2.05) is 64.5 Å². The highest BCUT2D eigenvalue weighted by Crippen LogP contribution is 2.31. The van der Waals surface area contributed by atoms with E-state index in [4.69, 9.17) is 41.4 Å². The minimum atomic E-state index is 0.141. The summed E-state index contributed by atoms with van der Waals surface area (Å²) in [5.41, 5.74) is 24.0. The molecule has 12 rings (SSSR count). The average Bonchev–Trinajstić information content (AvgIpc) is 4.30. The molecule has 5 atom stereocenters. The maximum absolute atomic E-state index is 6.30. The molecule has 0 unspecified atom stereocenters. The van der Waals surface area contributed by atoms with E-state index in [2.05, 4.69) is 142 Å². The van der Waals surface area contributed by atoms with Crippen molar-refractivity contribution in [3.05, 3.63) is 108 Å². The summed E-state index contributed by atoms with van der Waals surface area (Å²) < 4.78 is 6.14. The molecule has 3 aliphatic rings. The molecule has 420 valence electrons. The molecule has 21 heteroatoms. The Balaban J connectivity index is 0.000000135. The lowest BCUT2D eigenvalue weighted by Crippen LogP contribution is -2.43. The molecular formula is C59H79N21. The normalized spacial score (nSPS) is 19.1. The second kappa shape index (κ2) is 25.4. The lowest BCUT2D eigenvalue weighted by molar-refractivity contribution is 0.402. The first-order valence-electron chi connectivity index (χ1n) is 28.6. The van der Waals surface area contributed by atoms with E-state index in [0.717, 1.165) is 115 Å². The van der Waals surface area contributed by atoms with Crippen molar-refractivity contribution in [1.29, 1.82) is 0 Å². The first kappa shape index (κ1) is 55.3. The molecular weight excluding hydrogens is 1000 g/mol. The maximum atomic E-state index is 6.30. The van der Waals surface area contributed by atoms with Gasteiger partial charge in [0.05, 0.1) is 19.0 Å². The summed E-state index contributed by atoms with van der Waals surface area (Å²) in [5, 5.41) is 24.0. The van der Waals surface area contributed by atoms with E-state index in [1.54, 1.807) is 0 Å². The van der Waals surface area contributed by atoms with Gasteiger partial charge in [-0.1, -0.05) is 62.1 Å². The molecule has 80 heavy (non-hydrogen) atoms. The van der Waals surface area contributed by atoms with Crippen LogP contribution in [0.2, 0.25) is 0 Å². The van der Waals surface area contributed by atoms with Gasteiger partial charge in [-0.3, -0.25) is 0 Å². The monoisotopic (exact) mass is 1080 g/mol. The molecule has 1 aliphatic heterocycles. The SMILES string of the molecule is CCn1cnc2c(Nc3cccc(C)c3)nc(N[C@@H]3CCCC[C@@H]3N)nc21.CCn1cnc2c(Nc3cccc(C)c3)nc(N[C@@H]3CCCC[C@H]3N)nc21.Cc1cccc(Nc2nc(N[C@@H]3CCNC3)nc3c2ncn3C(C)C)c1. The molecule has 0 bridgehead atoms. The fourth-order valence-corrected chi connectivity index (χ4v) is 10.6. The number of nitrogens with two attached hydrogens (primary N) is 2. The van der Waals surface area contributed by atoms with E-state index >= 15 is 0 Å². The lowest BCUT2D eigenvalue weighted by atomic mass is 9.91. The number of fused-ring (bicyclic) bond motifs is 3. The summed E-state index contributed by atoms with van der Waals surface area (Å²) in [5.74, 6) is 4.01. The minimum Gasteiger partial charge on any atom is -0.350 e. The van der Waals surface area contributed by atoms with Crippen molar-refractivity contribution in [2.45, 2.75) is 156 Å². The van der Waals surface area contributed by atoms with Crippen molar-refractivity contribution in [1.82, 2.24) is 63.9 Å². The number of rotatable bonds is 15. The highest BCUT2D eigenvalue weighted by atomic mass is 15.3. The number of benzene rings is 3. The number of hydrogen-bond donors (Lipinski definition) is 9. The molecule has 9 aromatic rings. The molecule has 2 aliphatic carbocycles. The number of anilines is 9. The van der Waals surface area contributed by atoms with Crippen LogP contribution in [0.5, 0.6) is 0 Å². The summed E-state index contributed by atoms with van der Waals surface area (Å²) in [6.07, 6.45) is 15.5. The number of nitrogens with one attached hydrogen (secondary N) is 7. The van der Waals surface area contributed by atoms with E-state index in [1.165, 1.54) is 42.4 Å². The van der Waals surface area contributed by atoms with Crippen LogP contribution in [0.25, 0.3) is 33.5 Å². The van der Waals surface area contributed by atoms with E-state index in [9.17, 15) is 0 Å². The van der Waals surface area contributed by atoms with E-state index in [0.29, 0.717) is 35.5 Å². The number of imidazole rings is 3. The van der Waals surface area contributed by atoms with Crippen LogP contribution in [0, 0.1) is 20.8 Å². The average molecular weight is 1080 g/mol. The van der Waals surface area contributed by atoms with Gasteiger partial charge in [-0.15, -0.1) is 0 Å². The molecule has 2 saturated carbocycles. The molecule has 1 saturated heterocycles. The van der Waals surface area contributed by atoms with Crippen LogP contribution < -0.4 is 48.7 Å². The van der Waals surface area contributed by atoms with Crippen LogP contribution >= 0.6 is 0 Å². The number of nitrogens with zero attached hydrogens (tertiary/aromatic N) is 12. The third kappa shape index (κ3) is 13.3. The number of aromatic nitrogens is 12. The van der Waals surface area contributed by atoms with Crippen molar-refractivity contribution in [3.8, 4) is 0 Å². The Hall–Kier alpha value is -8.01. The maximum Gasteiger partial charge on any atom is 0.227 e. The third-order valence-electron chi connectivity index (χ3n) is 15.1. The largest absolute Gasteiger partial charge is 0.350 e. The zero-order valence-corrected chi connectivity index (χ0v) is 47.3. The summed E-state index contributed by atoms with van der Waals surface area (Å²) in [4.78, 5) is 42.1. The molecule has 3 aromatic carbocycles. The molecule has 7 heterocycles. The van der Waals surface area contributed by atoms with Crippen molar-refractivity contribution in [2.24, 2.45) is 11.5 Å². The Bertz CT molecular complexity index is 3350. The quantitative estimate of drug-likeness (QED) is 0.0462. The van der Waals surface area contributed by atoms with Gasteiger partial charge in [0.15, 0.2) is 50.9 Å². The molecule has 0 radical (unpaired) electrons. The predicted molar refractivity (Wildman–Crippen MR) is 324 cm³/mol. The molecule has 0 amide bonds. The van der Waals surface area contributed by atoms with Gasteiger partial charge in [0.1, 0.15) is 0 Å². The molecule has 11 N–H and O–H groups in total. The van der Waals surface area contributed by atoms with Gasteiger partial charge in [-0.2, -0.15) is 29.9 Å². The van der Waals surface area contributed by atoms with Gasteiger partial charge in [0.2, 0.25) is 17.8 Å². The second-order valence-corrected chi connectivity index (χ2v) is 21.7. The smallest absolute Gasteiger partial charge is 0.227 e. The topological polar surface area (TPSA) is 267 Å². The Morgan fingerprint density at radius 1 is 0.525 bits per heavy atom.